The lowest BCUT2D eigenvalue weighted by molar-refractivity contribution is -0.146. The molecule has 1 aromatic heterocycles. The molecule has 0 aromatic carbocycles. The van der Waals surface area contributed by atoms with Gasteiger partial charge in [-0.05, 0) is 37.8 Å². The molecular formula is C19H30N3O6P. The number of hydrogen-bond acceptors (Lipinski definition) is 6. The quantitative estimate of drug-likeness (QED) is 0.362. The number of nitrogens with one attached hydrogen (secondary N) is 2. The van der Waals surface area contributed by atoms with Crippen molar-refractivity contribution in [2.45, 2.75) is 64.2 Å². The summed E-state index contributed by atoms with van der Waals surface area (Å²) in [6, 6.07) is 4.71. The number of esters is 1. The Hall–Kier alpha value is -1.69. The minimum atomic E-state index is -4.25. The van der Waals surface area contributed by atoms with Crippen LogP contribution in [-0.4, -0.2) is 41.2 Å². The van der Waals surface area contributed by atoms with Gasteiger partial charge in [-0.1, -0.05) is 26.7 Å². The van der Waals surface area contributed by atoms with Gasteiger partial charge < -0.3 is 19.4 Å². The summed E-state index contributed by atoms with van der Waals surface area (Å²) < 4.78 is 28.4. The highest BCUT2D eigenvalue weighted by Gasteiger charge is 2.43. The summed E-state index contributed by atoms with van der Waals surface area (Å²) in [5.74, 6) is -0.343. The lowest BCUT2D eigenvalue weighted by Gasteiger charge is -2.22. The first-order valence-corrected chi connectivity index (χ1v) is 11.5. The molecule has 10 heteroatoms. The van der Waals surface area contributed by atoms with Crippen molar-refractivity contribution in [3.8, 4) is 6.07 Å². The Bertz CT molecular complexity index is 746. The van der Waals surface area contributed by atoms with E-state index < -0.39 is 31.5 Å². The van der Waals surface area contributed by atoms with Gasteiger partial charge in [0.1, 0.15) is 12.1 Å². The van der Waals surface area contributed by atoms with Gasteiger partial charge in [-0.15, -0.1) is 0 Å². The fourth-order valence-electron chi connectivity index (χ4n) is 3.17. The molecule has 0 aliphatic carbocycles. The Morgan fingerprint density at radius 3 is 2.86 bits per heavy atom. The van der Waals surface area contributed by atoms with Crippen LogP contribution < -0.4 is 5.09 Å². The van der Waals surface area contributed by atoms with E-state index >= 15 is 0 Å². The van der Waals surface area contributed by atoms with E-state index in [1.807, 2.05) is 13.8 Å². The molecule has 0 saturated carbocycles. The number of carbonyl (C=O) groups excluding carboxylic acids is 1. The maximum Gasteiger partial charge on any atom is 0.403 e. The van der Waals surface area contributed by atoms with Gasteiger partial charge in [-0.25, -0.2) is 9.65 Å². The highest BCUT2D eigenvalue weighted by Crippen LogP contribution is 2.42. The molecule has 3 N–H and O–H groups in total. The number of aromatic nitrogens is 1. The molecular weight excluding hydrogens is 397 g/mol. The summed E-state index contributed by atoms with van der Waals surface area (Å²) in [6.07, 6.45) is 3.91. The van der Waals surface area contributed by atoms with Crippen molar-refractivity contribution in [3.63, 3.8) is 0 Å². The first kappa shape index (κ1) is 23.6. The van der Waals surface area contributed by atoms with Gasteiger partial charge in [0, 0.05) is 6.20 Å². The molecule has 1 aliphatic heterocycles. The zero-order chi connectivity index (χ0) is 21.5. The maximum absolute atomic E-state index is 12.3. The number of aromatic amines is 1. The van der Waals surface area contributed by atoms with Crippen molar-refractivity contribution in [3.05, 3.63) is 24.0 Å². The lowest BCUT2D eigenvalue weighted by Crippen LogP contribution is -2.35. The van der Waals surface area contributed by atoms with Crippen molar-refractivity contribution < 1.29 is 28.3 Å². The fourth-order valence-corrected chi connectivity index (χ4v) is 4.21. The van der Waals surface area contributed by atoms with Crippen LogP contribution in [0, 0.1) is 17.2 Å². The van der Waals surface area contributed by atoms with Gasteiger partial charge in [0.2, 0.25) is 0 Å². The zero-order valence-corrected chi connectivity index (χ0v) is 18.0. The standard InChI is InChI=1S/C19H30N3O6P/c1-4-15(5-2)11-26-18(23)14(3)22-29(24,25)27-12-16-8-9-19(13-20,28-16)17-7-6-10-21-17/h6-7,10,14-16,21H,4-5,8-9,11-12H2,1-3H3,(H2,22,24,25)/t14-,16+,19+/m1/s1. The smallest absolute Gasteiger partial charge is 0.403 e. The summed E-state index contributed by atoms with van der Waals surface area (Å²) in [7, 11) is -4.25. The highest BCUT2D eigenvalue weighted by molar-refractivity contribution is 7.50. The van der Waals surface area contributed by atoms with Crippen LogP contribution in [0.5, 0.6) is 0 Å². The van der Waals surface area contributed by atoms with Crippen LogP contribution >= 0.6 is 7.75 Å². The third kappa shape index (κ3) is 6.39. The number of nitrogens with zero attached hydrogens (tertiary/aromatic N) is 1. The normalized spacial score (nSPS) is 24.8. The molecule has 9 nitrogen and oxygen atoms in total. The molecule has 29 heavy (non-hydrogen) atoms. The average Bonchev–Trinajstić information content (AvgIpc) is 3.37. The summed E-state index contributed by atoms with van der Waals surface area (Å²) >= 11 is 0. The van der Waals surface area contributed by atoms with Crippen molar-refractivity contribution in [1.29, 1.82) is 5.26 Å². The van der Waals surface area contributed by atoms with Crippen LogP contribution in [0.1, 0.15) is 52.1 Å². The molecule has 0 amide bonds. The van der Waals surface area contributed by atoms with Crippen LogP contribution in [0.4, 0.5) is 0 Å². The molecule has 162 valence electrons. The fraction of sp³-hybridized carbons (Fsp3) is 0.684. The van der Waals surface area contributed by atoms with Crippen LogP contribution in [0.2, 0.25) is 0 Å². The Balaban J connectivity index is 1.82. The van der Waals surface area contributed by atoms with Gasteiger partial charge >= 0.3 is 13.7 Å². The summed E-state index contributed by atoms with van der Waals surface area (Å²) in [5.41, 5.74) is -0.474. The highest BCUT2D eigenvalue weighted by atomic mass is 31.2. The molecule has 2 heterocycles. The van der Waals surface area contributed by atoms with Crippen LogP contribution in [0.25, 0.3) is 0 Å². The van der Waals surface area contributed by atoms with Gasteiger partial charge in [0.05, 0.1) is 25.0 Å². The largest absolute Gasteiger partial charge is 0.464 e. The number of carbonyl (C=O) groups is 1. The Morgan fingerprint density at radius 2 is 2.28 bits per heavy atom. The lowest BCUT2D eigenvalue weighted by atomic mass is 9.98. The Kier molecular flexibility index (Phi) is 8.44. The second-order valence-electron chi connectivity index (χ2n) is 7.28. The first-order valence-electron chi connectivity index (χ1n) is 9.90. The van der Waals surface area contributed by atoms with Crippen LogP contribution in [0.3, 0.4) is 0 Å². The molecule has 2 rings (SSSR count). The van der Waals surface area contributed by atoms with E-state index in [1.165, 1.54) is 6.92 Å². The van der Waals surface area contributed by atoms with Crippen LogP contribution in [0.15, 0.2) is 18.3 Å². The summed E-state index contributed by atoms with van der Waals surface area (Å²) in [4.78, 5) is 25.0. The molecule has 4 atom stereocenters. The number of H-pyrrole nitrogens is 1. The van der Waals surface area contributed by atoms with Crippen molar-refractivity contribution in [2.24, 2.45) is 5.92 Å². The molecule has 1 unspecified atom stereocenters. The van der Waals surface area contributed by atoms with E-state index in [0.29, 0.717) is 18.5 Å². The molecule has 1 aromatic rings. The zero-order valence-electron chi connectivity index (χ0n) is 17.1. The van der Waals surface area contributed by atoms with Gasteiger partial charge in [-0.2, -0.15) is 5.26 Å². The third-order valence-corrected chi connectivity index (χ3v) is 6.37. The molecule has 1 saturated heterocycles. The topological polar surface area (TPSA) is 134 Å². The van der Waals surface area contributed by atoms with E-state index in [4.69, 9.17) is 14.0 Å². The minimum absolute atomic E-state index is 0.180. The number of ether oxygens (including phenoxy) is 2. The number of hydrogen-bond donors (Lipinski definition) is 3. The van der Waals surface area contributed by atoms with Gasteiger partial charge in [0.15, 0.2) is 5.60 Å². The van der Waals surface area contributed by atoms with Crippen molar-refractivity contribution >= 4 is 13.7 Å². The SMILES string of the molecule is CCC(CC)COC(=O)[C@@H](C)NP(=O)(O)OC[C@@H]1CC[C@](C#N)(c2ccc[nH]2)O1. The van der Waals surface area contributed by atoms with Crippen molar-refractivity contribution in [1.82, 2.24) is 10.1 Å². The molecule has 1 fully saturated rings. The van der Waals surface area contributed by atoms with E-state index in [9.17, 15) is 19.5 Å². The van der Waals surface area contributed by atoms with Crippen LogP contribution in [-0.2, 0) is 29.0 Å². The second kappa shape index (κ2) is 10.4. The van der Waals surface area contributed by atoms with Gasteiger partial charge in [-0.3, -0.25) is 9.32 Å². The van der Waals surface area contributed by atoms with E-state index in [0.717, 1.165) is 12.8 Å². The summed E-state index contributed by atoms with van der Waals surface area (Å²) in [6.45, 7) is 5.57. The minimum Gasteiger partial charge on any atom is -0.464 e. The first-order chi connectivity index (χ1) is 13.7. The molecule has 0 spiro atoms. The molecule has 0 bridgehead atoms. The average molecular weight is 427 g/mol. The summed E-state index contributed by atoms with van der Waals surface area (Å²) in [5, 5.41) is 11.8. The molecule has 1 aliphatic rings. The number of rotatable bonds is 11. The van der Waals surface area contributed by atoms with E-state index in [1.54, 1.807) is 18.3 Å². The van der Waals surface area contributed by atoms with E-state index in [2.05, 4.69) is 16.1 Å². The Morgan fingerprint density at radius 1 is 1.55 bits per heavy atom. The Labute approximate surface area is 171 Å². The monoisotopic (exact) mass is 427 g/mol. The predicted octanol–water partition coefficient (Wildman–Crippen LogP) is 2.99. The number of nitriles is 1. The molecule has 0 radical (unpaired) electrons. The van der Waals surface area contributed by atoms with E-state index in [-0.39, 0.29) is 19.1 Å². The second-order valence-corrected chi connectivity index (χ2v) is 8.84. The third-order valence-electron chi connectivity index (χ3n) is 5.16. The maximum atomic E-state index is 12.3. The predicted molar refractivity (Wildman–Crippen MR) is 106 cm³/mol. The van der Waals surface area contributed by atoms with Gasteiger partial charge in [0.25, 0.3) is 0 Å². The van der Waals surface area contributed by atoms with Crippen molar-refractivity contribution in [2.75, 3.05) is 13.2 Å².